The number of rotatable bonds is 3. The van der Waals surface area contributed by atoms with Crippen LogP contribution in [0.1, 0.15) is 13.3 Å². The highest BCUT2D eigenvalue weighted by Gasteiger charge is 2.35. The number of benzene rings is 1. The molecular weight excluding hydrogens is 257 g/mol. The van der Waals surface area contributed by atoms with Gasteiger partial charge in [-0.15, -0.1) is 0 Å². The molecule has 0 bridgehead atoms. The topological polar surface area (TPSA) is 57.6 Å². The Kier molecular flexibility index (Phi) is 3.70. The van der Waals surface area contributed by atoms with Gasteiger partial charge in [-0.25, -0.2) is 12.8 Å². The molecule has 1 aliphatic rings. The van der Waals surface area contributed by atoms with Crippen molar-refractivity contribution in [3.63, 3.8) is 0 Å². The lowest BCUT2D eigenvalue weighted by Gasteiger charge is -2.18. The SMILES string of the molecule is CC(O)C1CCN(S(=O)(=O)c2ccccc2F)C1. The van der Waals surface area contributed by atoms with Crippen LogP contribution >= 0.6 is 0 Å². The van der Waals surface area contributed by atoms with Crippen molar-refractivity contribution in [2.45, 2.75) is 24.3 Å². The van der Waals surface area contributed by atoms with Gasteiger partial charge in [0.2, 0.25) is 10.0 Å². The molecule has 1 aliphatic heterocycles. The minimum atomic E-state index is -3.79. The average Bonchev–Trinajstić information content (AvgIpc) is 2.79. The van der Waals surface area contributed by atoms with E-state index in [2.05, 4.69) is 0 Å². The van der Waals surface area contributed by atoms with E-state index in [4.69, 9.17) is 0 Å². The molecule has 2 atom stereocenters. The van der Waals surface area contributed by atoms with Crippen molar-refractivity contribution in [1.82, 2.24) is 4.31 Å². The first-order chi connectivity index (χ1) is 8.43. The van der Waals surface area contributed by atoms with Crippen LogP contribution in [0.4, 0.5) is 4.39 Å². The van der Waals surface area contributed by atoms with Crippen molar-refractivity contribution in [1.29, 1.82) is 0 Å². The van der Waals surface area contributed by atoms with E-state index in [-0.39, 0.29) is 17.4 Å². The Bertz CT molecular complexity index is 530. The normalized spacial score (nSPS) is 23.2. The van der Waals surface area contributed by atoms with E-state index in [0.29, 0.717) is 13.0 Å². The largest absolute Gasteiger partial charge is 0.393 e. The Morgan fingerprint density at radius 2 is 2.11 bits per heavy atom. The lowest BCUT2D eigenvalue weighted by Crippen LogP contribution is -2.31. The molecule has 1 heterocycles. The van der Waals surface area contributed by atoms with E-state index in [0.717, 1.165) is 6.07 Å². The van der Waals surface area contributed by atoms with Gasteiger partial charge in [0.1, 0.15) is 10.7 Å². The van der Waals surface area contributed by atoms with Crippen LogP contribution in [-0.2, 0) is 10.0 Å². The van der Waals surface area contributed by atoms with Crippen LogP contribution in [-0.4, -0.2) is 37.0 Å². The molecule has 0 saturated carbocycles. The summed E-state index contributed by atoms with van der Waals surface area (Å²) in [6, 6.07) is 5.35. The molecule has 1 saturated heterocycles. The fourth-order valence-corrected chi connectivity index (χ4v) is 3.74. The maximum Gasteiger partial charge on any atom is 0.245 e. The maximum absolute atomic E-state index is 13.5. The first-order valence-corrected chi connectivity index (χ1v) is 7.29. The van der Waals surface area contributed by atoms with E-state index in [1.165, 1.54) is 22.5 Å². The van der Waals surface area contributed by atoms with E-state index >= 15 is 0 Å². The molecule has 1 aromatic rings. The minimum absolute atomic E-state index is 0.0773. The number of aliphatic hydroxyl groups excluding tert-OH is 1. The van der Waals surface area contributed by atoms with Crippen molar-refractivity contribution in [3.05, 3.63) is 30.1 Å². The second-order valence-corrected chi connectivity index (χ2v) is 6.49. The fourth-order valence-electron chi connectivity index (χ4n) is 2.16. The number of nitrogens with zero attached hydrogens (tertiary/aromatic N) is 1. The third-order valence-electron chi connectivity index (χ3n) is 3.32. The number of sulfonamides is 1. The Balaban J connectivity index is 2.26. The van der Waals surface area contributed by atoms with Gasteiger partial charge in [0.25, 0.3) is 0 Å². The summed E-state index contributed by atoms with van der Waals surface area (Å²) in [5, 5.41) is 9.47. The van der Waals surface area contributed by atoms with Gasteiger partial charge in [0.15, 0.2) is 0 Å². The molecule has 2 rings (SSSR count). The summed E-state index contributed by atoms with van der Waals surface area (Å²) in [5.74, 6) is -0.815. The number of halogens is 1. The lowest BCUT2D eigenvalue weighted by molar-refractivity contribution is 0.133. The highest BCUT2D eigenvalue weighted by atomic mass is 32.2. The summed E-state index contributed by atoms with van der Waals surface area (Å²) in [5.41, 5.74) is 0. The molecule has 1 N–H and O–H groups in total. The molecule has 0 radical (unpaired) electrons. The van der Waals surface area contributed by atoms with Crippen LogP contribution in [0.2, 0.25) is 0 Å². The lowest BCUT2D eigenvalue weighted by atomic mass is 10.0. The van der Waals surface area contributed by atoms with Crippen molar-refractivity contribution in [2.75, 3.05) is 13.1 Å². The van der Waals surface area contributed by atoms with Crippen molar-refractivity contribution in [2.24, 2.45) is 5.92 Å². The van der Waals surface area contributed by atoms with Crippen LogP contribution in [0.15, 0.2) is 29.2 Å². The first-order valence-electron chi connectivity index (χ1n) is 5.85. The second-order valence-electron chi connectivity index (χ2n) is 4.58. The highest BCUT2D eigenvalue weighted by Crippen LogP contribution is 2.27. The van der Waals surface area contributed by atoms with E-state index in [1.54, 1.807) is 6.92 Å². The monoisotopic (exact) mass is 273 g/mol. The van der Waals surface area contributed by atoms with E-state index in [9.17, 15) is 17.9 Å². The molecule has 1 aromatic carbocycles. The zero-order valence-corrected chi connectivity index (χ0v) is 10.9. The zero-order valence-electron chi connectivity index (χ0n) is 10.1. The van der Waals surface area contributed by atoms with Gasteiger partial charge in [-0.1, -0.05) is 12.1 Å². The van der Waals surface area contributed by atoms with Crippen molar-refractivity contribution in [3.8, 4) is 0 Å². The van der Waals surface area contributed by atoms with Gasteiger partial charge in [-0.2, -0.15) is 4.31 Å². The van der Waals surface area contributed by atoms with Gasteiger partial charge in [0.05, 0.1) is 6.10 Å². The predicted octanol–water partition coefficient (Wildman–Crippen LogP) is 1.22. The Hall–Kier alpha value is -0.980. The van der Waals surface area contributed by atoms with E-state index < -0.39 is 21.9 Å². The fraction of sp³-hybridized carbons (Fsp3) is 0.500. The third-order valence-corrected chi connectivity index (χ3v) is 5.22. The van der Waals surface area contributed by atoms with Crippen molar-refractivity contribution < 1.29 is 17.9 Å². The van der Waals surface area contributed by atoms with Gasteiger partial charge in [0, 0.05) is 13.1 Å². The number of aliphatic hydroxyl groups is 1. The van der Waals surface area contributed by atoms with Gasteiger partial charge in [-0.05, 0) is 31.4 Å². The summed E-state index contributed by atoms with van der Waals surface area (Å²) >= 11 is 0. The first kappa shape index (κ1) is 13.5. The van der Waals surface area contributed by atoms with Crippen molar-refractivity contribution >= 4 is 10.0 Å². The van der Waals surface area contributed by atoms with Crippen LogP contribution in [0.3, 0.4) is 0 Å². The highest BCUT2D eigenvalue weighted by molar-refractivity contribution is 7.89. The molecule has 2 unspecified atom stereocenters. The number of hydrogen-bond donors (Lipinski definition) is 1. The Morgan fingerprint density at radius 1 is 1.44 bits per heavy atom. The molecule has 1 fully saturated rings. The van der Waals surface area contributed by atoms with Gasteiger partial charge in [-0.3, -0.25) is 0 Å². The second kappa shape index (κ2) is 4.95. The summed E-state index contributed by atoms with van der Waals surface area (Å²) in [6.07, 6.45) is 0.0524. The smallest absolute Gasteiger partial charge is 0.245 e. The molecule has 0 aliphatic carbocycles. The molecule has 6 heteroatoms. The minimum Gasteiger partial charge on any atom is -0.393 e. The summed E-state index contributed by atoms with van der Waals surface area (Å²) in [6.45, 7) is 2.21. The maximum atomic E-state index is 13.5. The molecule has 4 nitrogen and oxygen atoms in total. The van der Waals surface area contributed by atoms with E-state index in [1.807, 2.05) is 0 Å². The quantitative estimate of drug-likeness (QED) is 0.900. The zero-order chi connectivity index (χ0) is 13.3. The summed E-state index contributed by atoms with van der Waals surface area (Å²) in [4.78, 5) is -0.295. The van der Waals surface area contributed by atoms with Gasteiger partial charge >= 0.3 is 0 Å². The van der Waals surface area contributed by atoms with Gasteiger partial charge < -0.3 is 5.11 Å². The molecule has 0 spiro atoms. The Labute approximate surface area is 106 Å². The standard InChI is InChI=1S/C12H16FNO3S/c1-9(15)10-6-7-14(8-10)18(16,17)12-5-3-2-4-11(12)13/h2-5,9-10,15H,6-8H2,1H3. The molecule has 100 valence electrons. The van der Waals surface area contributed by atoms with Crippen LogP contribution in [0.5, 0.6) is 0 Å². The molecule has 18 heavy (non-hydrogen) atoms. The van der Waals surface area contributed by atoms with Crippen LogP contribution in [0, 0.1) is 11.7 Å². The molecule has 0 aromatic heterocycles. The third kappa shape index (κ3) is 2.41. The summed E-state index contributed by atoms with van der Waals surface area (Å²) in [7, 11) is -3.79. The van der Waals surface area contributed by atoms with Crippen LogP contribution in [0.25, 0.3) is 0 Å². The predicted molar refractivity (Wildman–Crippen MR) is 64.9 cm³/mol. The summed E-state index contributed by atoms with van der Waals surface area (Å²) < 4.78 is 39.2. The van der Waals surface area contributed by atoms with Crippen LogP contribution < -0.4 is 0 Å². The average molecular weight is 273 g/mol. The Morgan fingerprint density at radius 3 is 2.67 bits per heavy atom. The number of hydrogen-bond acceptors (Lipinski definition) is 3. The molecular formula is C12H16FNO3S. The molecule has 0 amide bonds.